The summed E-state index contributed by atoms with van der Waals surface area (Å²) < 4.78 is 10.5. The lowest BCUT2D eigenvalue weighted by molar-refractivity contribution is 0.0948. The van der Waals surface area contributed by atoms with Crippen LogP contribution in [0.4, 0.5) is 0 Å². The first kappa shape index (κ1) is 20.6. The third-order valence-electron chi connectivity index (χ3n) is 4.52. The van der Waals surface area contributed by atoms with Crippen LogP contribution in [0.1, 0.15) is 57.9 Å². The molecular formula is C21H28N2O4. The monoisotopic (exact) mass is 372 g/mol. The van der Waals surface area contributed by atoms with Crippen molar-refractivity contribution >= 4 is 11.7 Å². The number of aromatic nitrogens is 1. The number of ketones is 1. The molecule has 27 heavy (non-hydrogen) atoms. The Bertz CT molecular complexity index is 824. The standard InChI is InChI=1S/C21H28N2O4/c1-6-7-16-19(14(3)24)13(2)23-20(16)21(25)22-11-10-15-8-9-17(26-4)18(12-15)27-5/h8-9,12,23H,6-7,10-11H2,1-5H3,(H,22,25). The van der Waals surface area contributed by atoms with Crippen LogP contribution in [-0.2, 0) is 12.8 Å². The molecule has 0 aliphatic carbocycles. The summed E-state index contributed by atoms with van der Waals surface area (Å²) in [6.45, 7) is 5.88. The lowest BCUT2D eigenvalue weighted by Gasteiger charge is -2.10. The van der Waals surface area contributed by atoms with Crippen LogP contribution in [0.25, 0.3) is 0 Å². The predicted molar refractivity (Wildman–Crippen MR) is 105 cm³/mol. The number of H-pyrrole nitrogens is 1. The summed E-state index contributed by atoms with van der Waals surface area (Å²) in [7, 11) is 3.19. The number of methoxy groups -OCH3 is 2. The van der Waals surface area contributed by atoms with Gasteiger partial charge in [0.25, 0.3) is 5.91 Å². The first-order valence-corrected chi connectivity index (χ1v) is 9.14. The Labute approximate surface area is 160 Å². The van der Waals surface area contributed by atoms with Gasteiger partial charge in [-0.1, -0.05) is 19.4 Å². The van der Waals surface area contributed by atoms with Gasteiger partial charge in [0.05, 0.1) is 14.2 Å². The van der Waals surface area contributed by atoms with Crippen molar-refractivity contribution in [2.24, 2.45) is 0 Å². The molecular weight excluding hydrogens is 344 g/mol. The number of amides is 1. The van der Waals surface area contributed by atoms with Crippen LogP contribution in [0.2, 0.25) is 0 Å². The molecule has 2 rings (SSSR count). The zero-order valence-electron chi connectivity index (χ0n) is 16.7. The molecule has 1 heterocycles. The highest BCUT2D eigenvalue weighted by molar-refractivity contribution is 6.02. The fourth-order valence-corrected chi connectivity index (χ4v) is 3.29. The van der Waals surface area contributed by atoms with Gasteiger partial charge in [-0.25, -0.2) is 0 Å². The third-order valence-corrected chi connectivity index (χ3v) is 4.52. The number of Topliss-reactive ketones (excluding diaryl/α,β-unsaturated/α-hetero) is 1. The Hall–Kier alpha value is -2.76. The number of ether oxygens (including phenoxy) is 2. The Morgan fingerprint density at radius 3 is 2.41 bits per heavy atom. The van der Waals surface area contributed by atoms with Crippen LogP contribution in [-0.4, -0.2) is 37.4 Å². The maximum atomic E-state index is 12.6. The lowest BCUT2D eigenvalue weighted by atomic mass is 10.0. The summed E-state index contributed by atoms with van der Waals surface area (Å²) in [5, 5.41) is 2.94. The van der Waals surface area contributed by atoms with E-state index in [2.05, 4.69) is 10.3 Å². The van der Waals surface area contributed by atoms with Gasteiger partial charge in [-0.3, -0.25) is 9.59 Å². The molecule has 0 aliphatic heterocycles. The second-order valence-electron chi connectivity index (χ2n) is 6.48. The summed E-state index contributed by atoms with van der Waals surface area (Å²) in [6, 6.07) is 5.70. The molecule has 0 fully saturated rings. The number of benzene rings is 1. The SMILES string of the molecule is CCCc1c(C(=O)NCCc2ccc(OC)c(OC)c2)[nH]c(C)c1C(C)=O. The summed E-state index contributed by atoms with van der Waals surface area (Å²) in [5.41, 5.74) is 3.73. The Morgan fingerprint density at radius 1 is 1.11 bits per heavy atom. The van der Waals surface area contributed by atoms with Crippen molar-refractivity contribution in [2.75, 3.05) is 20.8 Å². The highest BCUT2D eigenvalue weighted by Gasteiger charge is 2.21. The van der Waals surface area contributed by atoms with Gasteiger partial charge in [-0.15, -0.1) is 0 Å². The zero-order chi connectivity index (χ0) is 20.0. The largest absolute Gasteiger partial charge is 0.493 e. The van der Waals surface area contributed by atoms with Gasteiger partial charge < -0.3 is 19.8 Å². The molecule has 2 N–H and O–H groups in total. The summed E-state index contributed by atoms with van der Waals surface area (Å²) in [5.74, 6) is 1.14. The average molecular weight is 372 g/mol. The molecule has 2 aromatic rings. The van der Waals surface area contributed by atoms with Crippen LogP contribution < -0.4 is 14.8 Å². The van der Waals surface area contributed by atoms with E-state index in [0.29, 0.717) is 42.1 Å². The fraction of sp³-hybridized carbons (Fsp3) is 0.429. The van der Waals surface area contributed by atoms with Crippen molar-refractivity contribution in [3.05, 3.63) is 46.3 Å². The van der Waals surface area contributed by atoms with E-state index in [9.17, 15) is 9.59 Å². The summed E-state index contributed by atoms with van der Waals surface area (Å²) in [4.78, 5) is 27.7. The minimum absolute atomic E-state index is 0.0171. The van der Waals surface area contributed by atoms with Crippen molar-refractivity contribution in [3.8, 4) is 11.5 Å². The summed E-state index contributed by atoms with van der Waals surface area (Å²) in [6.07, 6.45) is 2.22. The molecule has 6 heteroatoms. The number of nitrogens with one attached hydrogen (secondary N) is 2. The maximum absolute atomic E-state index is 12.6. The number of aromatic amines is 1. The molecule has 0 spiro atoms. The number of aryl methyl sites for hydroxylation is 1. The quantitative estimate of drug-likeness (QED) is 0.661. The number of carbonyl (C=O) groups is 2. The first-order valence-electron chi connectivity index (χ1n) is 9.14. The molecule has 0 unspecified atom stereocenters. The van der Waals surface area contributed by atoms with Gasteiger partial charge in [0.2, 0.25) is 0 Å². The highest BCUT2D eigenvalue weighted by atomic mass is 16.5. The van der Waals surface area contributed by atoms with E-state index >= 15 is 0 Å². The smallest absolute Gasteiger partial charge is 0.268 e. The van der Waals surface area contributed by atoms with E-state index in [1.54, 1.807) is 14.2 Å². The normalized spacial score (nSPS) is 10.6. The molecule has 6 nitrogen and oxygen atoms in total. The minimum Gasteiger partial charge on any atom is -0.493 e. The topological polar surface area (TPSA) is 80.4 Å². The van der Waals surface area contributed by atoms with Gasteiger partial charge in [-0.05, 0) is 49.9 Å². The molecule has 1 aromatic carbocycles. The Balaban J connectivity index is 2.08. The van der Waals surface area contributed by atoms with E-state index in [1.165, 1.54) is 6.92 Å². The minimum atomic E-state index is -0.186. The Morgan fingerprint density at radius 2 is 1.81 bits per heavy atom. The molecule has 0 radical (unpaired) electrons. The van der Waals surface area contributed by atoms with Crippen LogP contribution in [0.3, 0.4) is 0 Å². The van der Waals surface area contributed by atoms with Crippen LogP contribution in [0, 0.1) is 6.92 Å². The second kappa shape index (κ2) is 9.26. The van der Waals surface area contributed by atoms with E-state index in [4.69, 9.17) is 9.47 Å². The van der Waals surface area contributed by atoms with Crippen molar-refractivity contribution in [1.82, 2.24) is 10.3 Å². The fourth-order valence-electron chi connectivity index (χ4n) is 3.29. The van der Waals surface area contributed by atoms with E-state index < -0.39 is 0 Å². The lowest BCUT2D eigenvalue weighted by Crippen LogP contribution is -2.27. The van der Waals surface area contributed by atoms with E-state index in [1.807, 2.05) is 32.0 Å². The van der Waals surface area contributed by atoms with E-state index in [0.717, 1.165) is 23.2 Å². The molecule has 1 aromatic heterocycles. The maximum Gasteiger partial charge on any atom is 0.268 e. The highest BCUT2D eigenvalue weighted by Crippen LogP contribution is 2.27. The number of carbonyl (C=O) groups excluding carboxylic acids is 2. The van der Waals surface area contributed by atoms with Crippen molar-refractivity contribution in [3.63, 3.8) is 0 Å². The van der Waals surface area contributed by atoms with Gasteiger partial charge in [0.1, 0.15) is 5.69 Å². The van der Waals surface area contributed by atoms with Gasteiger partial charge >= 0.3 is 0 Å². The molecule has 0 saturated carbocycles. The van der Waals surface area contributed by atoms with Crippen LogP contribution >= 0.6 is 0 Å². The molecule has 0 atom stereocenters. The Kier molecular flexibility index (Phi) is 7.05. The zero-order valence-corrected chi connectivity index (χ0v) is 16.7. The summed E-state index contributed by atoms with van der Waals surface area (Å²) >= 11 is 0. The van der Waals surface area contributed by atoms with Crippen LogP contribution in [0.15, 0.2) is 18.2 Å². The van der Waals surface area contributed by atoms with Crippen molar-refractivity contribution < 1.29 is 19.1 Å². The number of rotatable bonds is 9. The van der Waals surface area contributed by atoms with E-state index in [-0.39, 0.29) is 11.7 Å². The molecule has 0 bridgehead atoms. The number of hydrogen-bond acceptors (Lipinski definition) is 4. The van der Waals surface area contributed by atoms with Crippen LogP contribution in [0.5, 0.6) is 11.5 Å². The van der Waals surface area contributed by atoms with Crippen molar-refractivity contribution in [1.29, 1.82) is 0 Å². The number of hydrogen-bond donors (Lipinski definition) is 2. The van der Waals surface area contributed by atoms with Gasteiger partial charge in [0.15, 0.2) is 17.3 Å². The molecule has 0 aliphatic rings. The van der Waals surface area contributed by atoms with Crippen molar-refractivity contribution in [2.45, 2.75) is 40.0 Å². The second-order valence-corrected chi connectivity index (χ2v) is 6.48. The molecule has 1 amide bonds. The first-order chi connectivity index (χ1) is 12.9. The molecule has 0 saturated heterocycles. The van der Waals surface area contributed by atoms with Gasteiger partial charge in [0, 0.05) is 17.8 Å². The average Bonchev–Trinajstić information content (AvgIpc) is 2.98. The third kappa shape index (κ3) is 4.70. The molecule has 146 valence electrons. The predicted octanol–water partition coefficient (Wildman–Crippen LogP) is 3.47. The van der Waals surface area contributed by atoms with Gasteiger partial charge in [-0.2, -0.15) is 0 Å².